The van der Waals surface area contributed by atoms with Gasteiger partial charge in [0.1, 0.15) is 6.61 Å². The summed E-state index contributed by atoms with van der Waals surface area (Å²) in [5, 5.41) is 4.42. The average Bonchev–Trinajstić information content (AvgIpc) is 3.12. The molecular weight excluding hydrogens is 482 g/mol. The summed E-state index contributed by atoms with van der Waals surface area (Å²) in [6, 6.07) is 0. The summed E-state index contributed by atoms with van der Waals surface area (Å²) in [5.41, 5.74) is 3.41. The third-order valence-corrected chi connectivity index (χ3v) is 7.70. The standard InChI is InChI=1S/C29H53NO4Si2/c1-10-12-17-23-29(3,34-36(7,8)9)24-22-25-20-21-27(30-32-11-2)26(25)18-15-13-14-16-19-28(31)33-35(4,5)6/h13,15,22,24H,10-12,14,16-21,23H2,1-9H3/b15-13-,24-22+,30-27?/t29-/m0/s1. The lowest BCUT2D eigenvalue weighted by molar-refractivity contribution is -0.135. The molecule has 1 aliphatic rings. The lowest BCUT2D eigenvalue weighted by Crippen LogP contribution is -2.39. The molecule has 1 rings (SSSR count). The Balaban J connectivity index is 2.93. The molecule has 0 amide bonds. The zero-order chi connectivity index (χ0) is 27.2. The molecular formula is C29H53NO4Si2. The summed E-state index contributed by atoms with van der Waals surface area (Å²) in [7, 11) is -3.48. The molecule has 0 fully saturated rings. The van der Waals surface area contributed by atoms with Crippen molar-refractivity contribution in [1.29, 1.82) is 0 Å². The number of oxime groups is 1. The monoisotopic (exact) mass is 535 g/mol. The van der Waals surface area contributed by atoms with Gasteiger partial charge in [-0.05, 0) is 103 Å². The Morgan fingerprint density at radius 2 is 1.72 bits per heavy atom. The topological polar surface area (TPSA) is 57.1 Å². The predicted octanol–water partition coefficient (Wildman–Crippen LogP) is 8.71. The van der Waals surface area contributed by atoms with Gasteiger partial charge in [-0.1, -0.05) is 55.6 Å². The van der Waals surface area contributed by atoms with Crippen LogP contribution in [-0.4, -0.2) is 40.5 Å². The molecule has 0 N–H and O–H groups in total. The number of allylic oxidation sites excluding steroid dienone is 5. The molecule has 7 heteroatoms. The maximum Gasteiger partial charge on any atom is 0.292 e. The fraction of sp³-hybridized carbons (Fsp3) is 0.724. The SMILES string of the molecule is CCCCC[C@@](C)(/C=C/C1=C(C/C=C\CCCC(=O)O[Si](C)(C)C)C(=NOCC)CC1)O[Si](C)(C)C. The number of carbonyl (C=O) groups is 1. The first-order chi connectivity index (χ1) is 16.8. The molecule has 5 nitrogen and oxygen atoms in total. The Kier molecular flexibility index (Phi) is 14.2. The van der Waals surface area contributed by atoms with Gasteiger partial charge in [-0.15, -0.1) is 0 Å². The van der Waals surface area contributed by atoms with Crippen molar-refractivity contribution in [2.45, 2.75) is 130 Å². The summed E-state index contributed by atoms with van der Waals surface area (Å²) in [5.74, 6) is -0.0675. The van der Waals surface area contributed by atoms with Gasteiger partial charge in [-0.3, -0.25) is 4.79 Å². The van der Waals surface area contributed by atoms with Crippen LogP contribution in [0.5, 0.6) is 0 Å². The second-order valence-electron chi connectivity index (χ2n) is 11.9. The number of hydrogen-bond acceptors (Lipinski definition) is 5. The maximum absolute atomic E-state index is 11.9. The van der Waals surface area contributed by atoms with Crippen molar-refractivity contribution in [2.75, 3.05) is 6.61 Å². The number of hydrogen-bond donors (Lipinski definition) is 0. The smallest absolute Gasteiger partial charge is 0.292 e. The molecule has 0 aromatic rings. The lowest BCUT2D eigenvalue weighted by atomic mass is 9.96. The number of carbonyl (C=O) groups excluding carboxylic acids is 1. The number of rotatable bonds is 17. The fourth-order valence-corrected chi connectivity index (χ4v) is 6.72. The first kappa shape index (κ1) is 32.6. The van der Waals surface area contributed by atoms with Crippen LogP contribution in [-0.2, 0) is 18.5 Å². The van der Waals surface area contributed by atoms with Crippen LogP contribution in [0.25, 0.3) is 0 Å². The van der Waals surface area contributed by atoms with Gasteiger partial charge in [0.2, 0.25) is 8.32 Å². The Hall–Kier alpha value is -1.45. The molecule has 0 heterocycles. The first-order valence-electron chi connectivity index (χ1n) is 14.0. The zero-order valence-electron chi connectivity index (χ0n) is 24.7. The summed E-state index contributed by atoms with van der Waals surface area (Å²) in [4.78, 5) is 17.4. The summed E-state index contributed by atoms with van der Waals surface area (Å²) >= 11 is 0. The van der Waals surface area contributed by atoms with E-state index in [1.807, 2.05) is 26.6 Å². The fourth-order valence-electron chi connectivity index (χ4n) is 4.36. The van der Waals surface area contributed by atoms with E-state index in [0.29, 0.717) is 13.0 Å². The van der Waals surface area contributed by atoms with Crippen LogP contribution >= 0.6 is 0 Å². The minimum absolute atomic E-state index is 0.0675. The van der Waals surface area contributed by atoms with Crippen LogP contribution < -0.4 is 0 Å². The number of nitrogens with zero attached hydrogens (tertiary/aromatic N) is 1. The normalized spacial score (nSPS) is 18.0. The second kappa shape index (κ2) is 15.7. The molecule has 36 heavy (non-hydrogen) atoms. The van der Waals surface area contributed by atoms with E-state index in [-0.39, 0.29) is 11.6 Å². The molecule has 1 aliphatic carbocycles. The van der Waals surface area contributed by atoms with Crippen LogP contribution in [0.1, 0.15) is 85.0 Å². The minimum atomic E-state index is -1.80. The first-order valence-corrected chi connectivity index (χ1v) is 20.8. The zero-order valence-corrected chi connectivity index (χ0v) is 26.7. The van der Waals surface area contributed by atoms with Gasteiger partial charge < -0.3 is 13.7 Å². The van der Waals surface area contributed by atoms with Gasteiger partial charge in [0.25, 0.3) is 5.97 Å². The molecule has 0 unspecified atom stereocenters. The molecule has 206 valence electrons. The van der Waals surface area contributed by atoms with Gasteiger partial charge in [-0.25, -0.2) is 0 Å². The third kappa shape index (κ3) is 14.3. The molecule has 0 saturated carbocycles. The van der Waals surface area contributed by atoms with E-state index in [1.54, 1.807) is 0 Å². The number of unbranched alkanes of at least 4 members (excludes halogenated alkanes) is 3. The summed E-state index contributed by atoms with van der Waals surface area (Å²) in [6.45, 7) is 19.9. The highest BCUT2D eigenvalue weighted by Gasteiger charge is 2.29. The van der Waals surface area contributed by atoms with Crippen molar-refractivity contribution in [3.63, 3.8) is 0 Å². The highest BCUT2D eigenvalue weighted by molar-refractivity contribution is 6.71. The maximum atomic E-state index is 11.9. The van der Waals surface area contributed by atoms with Crippen molar-refractivity contribution in [3.05, 3.63) is 35.5 Å². The van der Waals surface area contributed by atoms with E-state index in [2.05, 4.69) is 62.9 Å². The van der Waals surface area contributed by atoms with E-state index in [1.165, 1.54) is 30.4 Å². The highest BCUT2D eigenvalue weighted by Crippen LogP contribution is 2.31. The Labute approximate surface area is 223 Å². The Morgan fingerprint density at radius 1 is 1.00 bits per heavy atom. The molecule has 0 saturated heterocycles. The Bertz CT molecular complexity index is 803. The molecule has 1 atom stereocenters. The van der Waals surface area contributed by atoms with E-state index in [0.717, 1.165) is 44.2 Å². The van der Waals surface area contributed by atoms with Crippen molar-refractivity contribution in [2.24, 2.45) is 5.16 Å². The molecule has 0 aliphatic heterocycles. The van der Waals surface area contributed by atoms with Crippen molar-refractivity contribution >= 4 is 28.3 Å². The van der Waals surface area contributed by atoms with Gasteiger partial charge in [0.05, 0.1) is 11.3 Å². The summed E-state index contributed by atoms with van der Waals surface area (Å²) in [6.07, 6.45) is 18.5. The molecule has 0 aromatic heterocycles. The molecule has 0 spiro atoms. The van der Waals surface area contributed by atoms with E-state index in [9.17, 15) is 4.79 Å². The van der Waals surface area contributed by atoms with E-state index >= 15 is 0 Å². The molecule has 0 aromatic carbocycles. The third-order valence-electron chi connectivity index (χ3n) is 5.78. The van der Waals surface area contributed by atoms with Crippen molar-refractivity contribution in [3.8, 4) is 0 Å². The Morgan fingerprint density at radius 3 is 2.33 bits per heavy atom. The molecule has 0 bridgehead atoms. The summed E-state index contributed by atoms with van der Waals surface area (Å²) < 4.78 is 12.2. The van der Waals surface area contributed by atoms with E-state index < -0.39 is 16.6 Å². The van der Waals surface area contributed by atoms with Gasteiger partial charge in [-0.2, -0.15) is 0 Å². The lowest BCUT2D eigenvalue weighted by Gasteiger charge is -2.34. The van der Waals surface area contributed by atoms with Crippen molar-refractivity contribution in [1.82, 2.24) is 0 Å². The van der Waals surface area contributed by atoms with Gasteiger partial charge in [0, 0.05) is 6.42 Å². The minimum Gasteiger partial charge on any atom is -0.520 e. The average molecular weight is 536 g/mol. The van der Waals surface area contributed by atoms with Crippen LogP contribution in [0.2, 0.25) is 39.3 Å². The van der Waals surface area contributed by atoms with Crippen LogP contribution in [0.15, 0.2) is 40.6 Å². The molecule has 0 radical (unpaired) electrons. The van der Waals surface area contributed by atoms with Gasteiger partial charge >= 0.3 is 0 Å². The quantitative estimate of drug-likeness (QED) is 0.0808. The second-order valence-corrected chi connectivity index (χ2v) is 20.8. The predicted molar refractivity (Wildman–Crippen MR) is 158 cm³/mol. The van der Waals surface area contributed by atoms with Gasteiger partial charge in [0.15, 0.2) is 8.32 Å². The highest BCUT2D eigenvalue weighted by atomic mass is 28.4. The van der Waals surface area contributed by atoms with Crippen LogP contribution in [0.3, 0.4) is 0 Å². The van der Waals surface area contributed by atoms with Crippen molar-refractivity contribution < 1.29 is 18.5 Å². The van der Waals surface area contributed by atoms with Crippen LogP contribution in [0.4, 0.5) is 0 Å². The van der Waals surface area contributed by atoms with E-state index in [4.69, 9.17) is 13.7 Å². The largest absolute Gasteiger partial charge is 0.520 e. The van der Waals surface area contributed by atoms with Crippen LogP contribution in [0, 0.1) is 0 Å².